The lowest BCUT2D eigenvalue weighted by molar-refractivity contribution is -0.0542. The minimum absolute atomic E-state index is 0.0701. The van der Waals surface area contributed by atoms with Gasteiger partial charge >= 0.3 is 6.03 Å². The molecule has 2 saturated heterocycles. The van der Waals surface area contributed by atoms with Crippen LogP contribution in [-0.2, 0) is 14.8 Å². The minimum Gasteiger partial charge on any atom is -0.375 e. The highest BCUT2D eigenvalue weighted by atomic mass is 32.2. The van der Waals surface area contributed by atoms with Crippen molar-refractivity contribution < 1.29 is 22.3 Å². The average molecular weight is 399 g/mol. The van der Waals surface area contributed by atoms with Gasteiger partial charge in [0, 0.05) is 31.9 Å². The van der Waals surface area contributed by atoms with E-state index in [0.717, 1.165) is 12.8 Å². The maximum atomic E-state index is 13.2. The topological polar surface area (TPSA) is 79.0 Å². The normalized spacial score (nSPS) is 20.6. The average Bonchev–Trinajstić information content (AvgIpc) is 2.62. The van der Waals surface area contributed by atoms with E-state index in [0.29, 0.717) is 44.7 Å². The monoisotopic (exact) mass is 399 g/mol. The number of rotatable bonds is 4. The maximum Gasteiger partial charge on any atom is 0.321 e. The summed E-state index contributed by atoms with van der Waals surface area (Å²) in [5.41, 5.74) is 0.441. The molecule has 2 aliphatic rings. The van der Waals surface area contributed by atoms with Crippen LogP contribution in [0.5, 0.6) is 0 Å². The molecule has 0 bridgehead atoms. The zero-order valence-electron chi connectivity index (χ0n) is 15.4. The van der Waals surface area contributed by atoms with Gasteiger partial charge < -0.3 is 15.0 Å². The molecule has 2 fully saturated rings. The number of urea groups is 1. The number of piperidine rings is 2. The quantitative estimate of drug-likeness (QED) is 0.842. The fraction of sp³-hybridized carbons (Fsp3) is 0.611. The van der Waals surface area contributed by atoms with Crippen LogP contribution in [0.1, 0.15) is 25.7 Å². The highest BCUT2D eigenvalue weighted by molar-refractivity contribution is 7.88. The summed E-state index contributed by atoms with van der Waals surface area (Å²) in [6, 6.07) is 5.59. The molecule has 27 heavy (non-hydrogen) atoms. The molecule has 1 aromatic carbocycles. The van der Waals surface area contributed by atoms with Gasteiger partial charge in [0.1, 0.15) is 5.82 Å². The Labute approximate surface area is 159 Å². The molecule has 1 N–H and O–H groups in total. The van der Waals surface area contributed by atoms with Gasteiger partial charge in [-0.05, 0) is 43.9 Å². The molecule has 0 radical (unpaired) electrons. The summed E-state index contributed by atoms with van der Waals surface area (Å²) >= 11 is 0. The smallest absolute Gasteiger partial charge is 0.321 e. The second-order valence-corrected chi connectivity index (χ2v) is 9.11. The van der Waals surface area contributed by atoms with Crippen molar-refractivity contribution in [1.29, 1.82) is 0 Å². The van der Waals surface area contributed by atoms with Crippen molar-refractivity contribution in [1.82, 2.24) is 9.21 Å². The van der Waals surface area contributed by atoms with E-state index in [1.165, 1.54) is 22.7 Å². The molecular formula is C18H26FN3O4S. The van der Waals surface area contributed by atoms with Crippen LogP contribution in [-0.4, -0.2) is 68.3 Å². The van der Waals surface area contributed by atoms with Gasteiger partial charge in [0.05, 0.1) is 18.5 Å². The Hall–Kier alpha value is -1.71. The van der Waals surface area contributed by atoms with E-state index < -0.39 is 10.0 Å². The van der Waals surface area contributed by atoms with E-state index in [1.54, 1.807) is 17.0 Å². The number of carbonyl (C=O) groups excluding carboxylic acids is 1. The minimum atomic E-state index is -3.12. The molecular weight excluding hydrogens is 373 g/mol. The van der Waals surface area contributed by atoms with Crippen molar-refractivity contribution in [3.63, 3.8) is 0 Å². The van der Waals surface area contributed by atoms with Gasteiger partial charge in [0.2, 0.25) is 10.0 Å². The number of benzene rings is 1. The molecule has 3 rings (SSSR count). The first-order valence-electron chi connectivity index (χ1n) is 9.23. The van der Waals surface area contributed by atoms with Crippen LogP contribution in [0, 0.1) is 5.82 Å². The zero-order valence-corrected chi connectivity index (χ0v) is 16.3. The van der Waals surface area contributed by atoms with E-state index in [9.17, 15) is 17.6 Å². The molecule has 2 heterocycles. The molecule has 7 nitrogen and oxygen atoms in total. The van der Waals surface area contributed by atoms with Gasteiger partial charge in [-0.25, -0.2) is 21.9 Å². The van der Waals surface area contributed by atoms with E-state index in [4.69, 9.17) is 4.74 Å². The number of nitrogens with one attached hydrogen (secondary N) is 1. The van der Waals surface area contributed by atoms with Crippen LogP contribution < -0.4 is 5.32 Å². The molecule has 0 aromatic heterocycles. The Balaban J connectivity index is 1.41. The van der Waals surface area contributed by atoms with Gasteiger partial charge in [-0.1, -0.05) is 6.07 Å². The number of carbonyl (C=O) groups is 1. The lowest BCUT2D eigenvalue weighted by atomic mass is 10.1. The first kappa shape index (κ1) is 20.0. The second-order valence-electron chi connectivity index (χ2n) is 7.12. The summed E-state index contributed by atoms with van der Waals surface area (Å²) in [4.78, 5) is 14.0. The van der Waals surface area contributed by atoms with Crippen molar-refractivity contribution in [3.8, 4) is 0 Å². The third-order valence-corrected chi connectivity index (χ3v) is 6.36. The summed E-state index contributed by atoms with van der Waals surface area (Å²) in [5.74, 6) is -0.387. The van der Waals surface area contributed by atoms with Crippen LogP contribution >= 0.6 is 0 Å². The summed E-state index contributed by atoms with van der Waals surface area (Å²) < 4.78 is 43.9. The van der Waals surface area contributed by atoms with Gasteiger partial charge in [-0.2, -0.15) is 0 Å². The van der Waals surface area contributed by atoms with Crippen molar-refractivity contribution in [2.75, 3.05) is 37.8 Å². The van der Waals surface area contributed by atoms with Crippen LogP contribution in [0.3, 0.4) is 0 Å². The number of amides is 2. The zero-order chi connectivity index (χ0) is 19.4. The number of hydrogen-bond donors (Lipinski definition) is 1. The highest BCUT2D eigenvalue weighted by Gasteiger charge is 2.29. The van der Waals surface area contributed by atoms with Gasteiger partial charge in [-0.15, -0.1) is 0 Å². The van der Waals surface area contributed by atoms with Crippen LogP contribution in [0.15, 0.2) is 24.3 Å². The Bertz CT molecular complexity index is 758. The third kappa shape index (κ3) is 5.63. The molecule has 0 aliphatic carbocycles. The number of anilines is 1. The van der Waals surface area contributed by atoms with Crippen molar-refractivity contribution in [3.05, 3.63) is 30.1 Å². The standard InChI is InChI=1S/C18H26FN3O4S/c1-27(24,25)22-11-7-17(8-12-22)26-16-5-9-21(10-6-16)18(23)20-15-4-2-3-14(19)13-15/h2-4,13,16-17H,5-12H2,1H3,(H,20,23). The van der Waals surface area contributed by atoms with Crippen LogP contribution in [0.25, 0.3) is 0 Å². The molecule has 2 amide bonds. The van der Waals surface area contributed by atoms with Gasteiger partial charge in [0.15, 0.2) is 0 Å². The predicted molar refractivity (Wildman–Crippen MR) is 101 cm³/mol. The van der Waals surface area contributed by atoms with Crippen LogP contribution in [0.2, 0.25) is 0 Å². The number of likely N-dealkylation sites (tertiary alicyclic amines) is 1. The van der Waals surface area contributed by atoms with Crippen molar-refractivity contribution in [2.24, 2.45) is 0 Å². The Morgan fingerprint density at radius 2 is 1.70 bits per heavy atom. The number of nitrogens with zero attached hydrogens (tertiary/aromatic N) is 2. The molecule has 0 saturated carbocycles. The molecule has 9 heteroatoms. The Kier molecular flexibility index (Phi) is 6.33. The van der Waals surface area contributed by atoms with Gasteiger partial charge in [-0.3, -0.25) is 0 Å². The fourth-order valence-corrected chi connectivity index (χ4v) is 4.41. The molecule has 0 spiro atoms. The molecule has 0 atom stereocenters. The number of halogens is 1. The number of hydrogen-bond acceptors (Lipinski definition) is 4. The third-order valence-electron chi connectivity index (χ3n) is 5.06. The number of sulfonamides is 1. The van der Waals surface area contributed by atoms with E-state index >= 15 is 0 Å². The van der Waals surface area contributed by atoms with Crippen molar-refractivity contribution in [2.45, 2.75) is 37.9 Å². The highest BCUT2D eigenvalue weighted by Crippen LogP contribution is 2.22. The van der Waals surface area contributed by atoms with Crippen molar-refractivity contribution >= 4 is 21.7 Å². The summed E-state index contributed by atoms with van der Waals surface area (Å²) in [5, 5.41) is 2.71. The Morgan fingerprint density at radius 3 is 2.26 bits per heavy atom. The number of ether oxygens (including phenoxy) is 1. The van der Waals surface area contributed by atoms with Crippen LogP contribution in [0.4, 0.5) is 14.9 Å². The largest absolute Gasteiger partial charge is 0.375 e. The SMILES string of the molecule is CS(=O)(=O)N1CCC(OC2CCN(C(=O)Nc3cccc(F)c3)CC2)CC1. The Morgan fingerprint density at radius 1 is 1.11 bits per heavy atom. The predicted octanol–water partition coefficient (Wildman–Crippen LogP) is 2.26. The lowest BCUT2D eigenvalue weighted by Crippen LogP contribution is -2.45. The molecule has 0 unspecified atom stereocenters. The first-order chi connectivity index (χ1) is 12.8. The molecule has 150 valence electrons. The van der Waals surface area contributed by atoms with E-state index in [2.05, 4.69) is 5.32 Å². The first-order valence-corrected chi connectivity index (χ1v) is 11.1. The summed E-state index contributed by atoms with van der Waals surface area (Å²) in [6.45, 7) is 2.15. The van der Waals surface area contributed by atoms with E-state index in [-0.39, 0.29) is 24.1 Å². The second kappa shape index (κ2) is 8.53. The summed E-state index contributed by atoms with van der Waals surface area (Å²) in [7, 11) is -3.12. The lowest BCUT2D eigenvalue weighted by Gasteiger charge is -2.36. The summed E-state index contributed by atoms with van der Waals surface area (Å²) in [6.07, 6.45) is 4.27. The maximum absolute atomic E-state index is 13.2. The fourth-order valence-electron chi connectivity index (χ4n) is 3.54. The molecule has 2 aliphatic heterocycles. The molecule has 1 aromatic rings. The van der Waals surface area contributed by atoms with Gasteiger partial charge in [0.25, 0.3) is 0 Å². The van der Waals surface area contributed by atoms with E-state index in [1.807, 2.05) is 0 Å².